The van der Waals surface area contributed by atoms with Crippen LogP contribution in [0.25, 0.3) is 0 Å². The van der Waals surface area contributed by atoms with Gasteiger partial charge in [0.25, 0.3) is 0 Å². The molecule has 138 valence electrons. The van der Waals surface area contributed by atoms with Gasteiger partial charge < -0.3 is 15.0 Å². The number of rotatable bonds is 5. The Hall–Kier alpha value is -2.63. The summed E-state index contributed by atoms with van der Waals surface area (Å²) < 4.78 is 5.15. The van der Waals surface area contributed by atoms with E-state index in [0.717, 1.165) is 25.9 Å². The van der Waals surface area contributed by atoms with Gasteiger partial charge in [-0.2, -0.15) is 4.98 Å². The number of aromatic nitrogens is 2. The zero-order valence-electron chi connectivity index (χ0n) is 15.7. The minimum absolute atomic E-state index is 0.0441. The van der Waals surface area contributed by atoms with E-state index in [-0.39, 0.29) is 11.8 Å². The van der Waals surface area contributed by atoms with Gasteiger partial charge >= 0.3 is 0 Å². The van der Waals surface area contributed by atoms with Gasteiger partial charge in [-0.25, -0.2) is 4.98 Å². The number of ether oxygens (including phenoxy) is 1. The van der Waals surface area contributed by atoms with Crippen molar-refractivity contribution in [2.24, 2.45) is 5.92 Å². The predicted molar refractivity (Wildman–Crippen MR) is 101 cm³/mol. The monoisotopic (exact) mass is 354 g/mol. The number of nitrogens with one attached hydrogen (secondary N) is 1. The minimum Gasteiger partial charge on any atom is -0.481 e. The summed E-state index contributed by atoms with van der Waals surface area (Å²) in [6, 6.07) is 8.06. The first-order valence-corrected chi connectivity index (χ1v) is 9.02. The van der Waals surface area contributed by atoms with E-state index in [1.54, 1.807) is 19.4 Å². The zero-order valence-corrected chi connectivity index (χ0v) is 15.7. The Balaban J connectivity index is 1.51. The third kappa shape index (κ3) is 4.31. The molecule has 1 fully saturated rings. The number of methoxy groups -OCH3 is 1. The van der Waals surface area contributed by atoms with E-state index in [9.17, 15) is 4.79 Å². The molecule has 1 N–H and O–H groups in total. The van der Waals surface area contributed by atoms with Gasteiger partial charge in [-0.15, -0.1) is 0 Å². The van der Waals surface area contributed by atoms with Crippen molar-refractivity contribution >= 4 is 11.9 Å². The Labute approximate surface area is 154 Å². The van der Waals surface area contributed by atoms with Gasteiger partial charge in [0.15, 0.2) is 0 Å². The van der Waals surface area contributed by atoms with E-state index in [4.69, 9.17) is 4.74 Å². The fraction of sp³-hybridized carbons (Fsp3) is 0.450. The van der Waals surface area contributed by atoms with Gasteiger partial charge in [0, 0.05) is 37.8 Å². The lowest BCUT2D eigenvalue weighted by Crippen LogP contribution is -2.41. The molecule has 1 aliphatic heterocycles. The Morgan fingerprint density at radius 3 is 2.73 bits per heavy atom. The van der Waals surface area contributed by atoms with Crippen molar-refractivity contribution < 1.29 is 9.53 Å². The minimum atomic E-state index is 0.0441. The summed E-state index contributed by atoms with van der Waals surface area (Å²) in [5.74, 6) is 1.40. The van der Waals surface area contributed by atoms with Crippen LogP contribution in [0.4, 0.5) is 5.95 Å². The number of piperidine rings is 1. The zero-order chi connectivity index (χ0) is 18.5. The second kappa shape index (κ2) is 8.17. The van der Waals surface area contributed by atoms with Crippen LogP contribution >= 0.6 is 0 Å². The molecule has 2 heterocycles. The van der Waals surface area contributed by atoms with Gasteiger partial charge in [-0.1, -0.05) is 23.8 Å². The molecule has 0 unspecified atom stereocenters. The number of hydrogen-bond donors (Lipinski definition) is 1. The van der Waals surface area contributed by atoms with Crippen molar-refractivity contribution in [2.75, 3.05) is 25.1 Å². The largest absolute Gasteiger partial charge is 0.481 e. The highest BCUT2D eigenvalue weighted by Crippen LogP contribution is 2.22. The maximum Gasteiger partial charge on any atom is 0.228 e. The molecule has 1 saturated heterocycles. The molecule has 0 bridgehead atoms. The number of carbonyl (C=O) groups excluding carboxylic acids is 1. The van der Waals surface area contributed by atoms with Crippen LogP contribution in [0.1, 0.15) is 29.5 Å². The highest BCUT2D eigenvalue weighted by atomic mass is 16.5. The highest BCUT2D eigenvalue weighted by molar-refractivity contribution is 5.79. The summed E-state index contributed by atoms with van der Waals surface area (Å²) in [4.78, 5) is 23.3. The van der Waals surface area contributed by atoms with E-state index in [2.05, 4.69) is 52.2 Å². The molecule has 0 aliphatic carbocycles. The van der Waals surface area contributed by atoms with Crippen LogP contribution in [0.15, 0.2) is 30.5 Å². The van der Waals surface area contributed by atoms with E-state index in [1.165, 1.54) is 16.7 Å². The highest BCUT2D eigenvalue weighted by Gasteiger charge is 2.26. The van der Waals surface area contributed by atoms with Crippen molar-refractivity contribution in [3.05, 3.63) is 47.2 Å². The molecule has 26 heavy (non-hydrogen) atoms. The van der Waals surface area contributed by atoms with Gasteiger partial charge in [-0.3, -0.25) is 4.79 Å². The SMILES string of the molecule is COc1ccnc(N2CCC(C(=O)NCc3ccc(C)cc3C)CC2)n1. The molecule has 0 atom stereocenters. The number of anilines is 1. The number of amides is 1. The van der Waals surface area contributed by atoms with E-state index in [0.29, 0.717) is 18.4 Å². The van der Waals surface area contributed by atoms with Crippen LogP contribution in [0.3, 0.4) is 0 Å². The number of nitrogens with zero attached hydrogens (tertiary/aromatic N) is 3. The fourth-order valence-electron chi connectivity index (χ4n) is 3.31. The second-order valence-electron chi connectivity index (χ2n) is 6.81. The lowest BCUT2D eigenvalue weighted by atomic mass is 9.96. The Morgan fingerprint density at radius 1 is 1.27 bits per heavy atom. The summed E-state index contributed by atoms with van der Waals surface area (Å²) in [7, 11) is 1.60. The van der Waals surface area contributed by atoms with Gasteiger partial charge in [0.2, 0.25) is 17.7 Å². The smallest absolute Gasteiger partial charge is 0.228 e. The second-order valence-corrected chi connectivity index (χ2v) is 6.81. The molecule has 6 heteroatoms. The fourth-order valence-corrected chi connectivity index (χ4v) is 3.31. The molecular weight excluding hydrogens is 328 g/mol. The normalized spacial score (nSPS) is 15.0. The molecular formula is C20H26N4O2. The van der Waals surface area contributed by atoms with Gasteiger partial charge in [0.1, 0.15) is 0 Å². The summed E-state index contributed by atoms with van der Waals surface area (Å²) >= 11 is 0. The van der Waals surface area contributed by atoms with Crippen molar-refractivity contribution in [1.82, 2.24) is 15.3 Å². The standard InChI is InChI=1S/C20H26N4O2/c1-14-4-5-17(15(2)12-14)13-22-19(25)16-7-10-24(11-8-16)20-21-9-6-18(23-20)26-3/h4-6,9,12,16H,7-8,10-11,13H2,1-3H3,(H,22,25). The average Bonchev–Trinajstić information content (AvgIpc) is 2.67. The number of benzene rings is 1. The summed E-state index contributed by atoms with van der Waals surface area (Å²) in [5.41, 5.74) is 3.63. The molecule has 1 aromatic carbocycles. The van der Waals surface area contributed by atoms with Crippen LogP contribution in [0.5, 0.6) is 5.88 Å². The van der Waals surface area contributed by atoms with Crippen molar-refractivity contribution in [3.8, 4) is 5.88 Å². The molecule has 1 aliphatic rings. The third-order valence-electron chi connectivity index (χ3n) is 4.93. The lowest BCUT2D eigenvalue weighted by Gasteiger charge is -2.31. The van der Waals surface area contributed by atoms with Crippen molar-refractivity contribution in [1.29, 1.82) is 0 Å². The topological polar surface area (TPSA) is 67.3 Å². The average molecular weight is 354 g/mol. The maximum absolute atomic E-state index is 12.5. The molecule has 0 saturated carbocycles. The Bertz CT molecular complexity index is 770. The van der Waals surface area contributed by atoms with Gasteiger partial charge in [-0.05, 0) is 37.8 Å². The maximum atomic E-state index is 12.5. The molecule has 6 nitrogen and oxygen atoms in total. The van der Waals surface area contributed by atoms with Crippen molar-refractivity contribution in [3.63, 3.8) is 0 Å². The predicted octanol–water partition coefficient (Wildman–Crippen LogP) is 2.63. The van der Waals surface area contributed by atoms with Crippen LogP contribution in [-0.4, -0.2) is 36.1 Å². The number of carbonyl (C=O) groups is 1. The first-order chi connectivity index (χ1) is 12.6. The molecule has 1 aromatic heterocycles. The van der Waals surface area contributed by atoms with E-state index in [1.807, 2.05) is 0 Å². The lowest BCUT2D eigenvalue weighted by molar-refractivity contribution is -0.125. The number of hydrogen-bond acceptors (Lipinski definition) is 5. The van der Waals surface area contributed by atoms with Crippen LogP contribution in [0, 0.1) is 19.8 Å². The quantitative estimate of drug-likeness (QED) is 0.894. The molecule has 3 rings (SSSR count). The first-order valence-electron chi connectivity index (χ1n) is 9.02. The van der Waals surface area contributed by atoms with Crippen LogP contribution in [0.2, 0.25) is 0 Å². The molecule has 2 aromatic rings. The summed E-state index contributed by atoms with van der Waals surface area (Å²) in [5, 5.41) is 3.09. The Kier molecular flexibility index (Phi) is 5.71. The molecule has 0 radical (unpaired) electrons. The molecule has 0 spiro atoms. The van der Waals surface area contributed by atoms with Crippen molar-refractivity contribution in [2.45, 2.75) is 33.2 Å². The first kappa shape index (κ1) is 18.2. The third-order valence-corrected chi connectivity index (χ3v) is 4.93. The van der Waals surface area contributed by atoms with Crippen LogP contribution < -0.4 is 15.0 Å². The van der Waals surface area contributed by atoms with Gasteiger partial charge in [0.05, 0.1) is 7.11 Å². The number of aryl methyl sites for hydroxylation is 2. The van der Waals surface area contributed by atoms with E-state index >= 15 is 0 Å². The summed E-state index contributed by atoms with van der Waals surface area (Å²) in [6.07, 6.45) is 3.31. The summed E-state index contributed by atoms with van der Waals surface area (Å²) in [6.45, 7) is 6.30. The Morgan fingerprint density at radius 2 is 2.04 bits per heavy atom. The van der Waals surface area contributed by atoms with E-state index < -0.39 is 0 Å². The van der Waals surface area contributed by atoms with Crippen LogP contribution in [-0.2, 0) is 11.3 Å². The molecule has 1 amide bonds.